The van der Waals surface area contributed by atoms with Gasteiger partial charge in [0.2, 0.25) is 5.88 Å². The van der Waals surface area contributed by atoms with Crippen molar-refractivity contribution in [2.75, 3.05) is 0 Å². The van der Waals surface area contributed by atoms with Gasteiger partial charge in [0.05, 0.1) is 5.56 Å². The quantitative estimate of drug-likeness (QED) is 0.850. The summed E-state index contributed by atoms with van der Waals surface area (Å²) >= 11 is 0. The summed E-state index contributed by atoms with van der Waals surface area (Å²) in [6, 6.07) is 11.0. The lowest BCUT2D eigenvalue weighted by Gasteiger charge is -2.13. The number of pyridine rings is 1. The number of nitrogens with zero attached hydrogens (tertiary/aromatic N) is 1. The molecule has 2 aromatic rings. The van der Waals surface area contributed by atoms with Crippen molar-refractivity contribution in [3.05, 3.63) is 53.7 Å². The monoisotopic (exact) mass is 285 g/mol. The molecule has 0 radical (unpaired) electrons. The van der Waals surface area contributed by atoms with Crippen molar-refractivity contribution >= 4 is 5.97 Å². The Hall–Kier alpha value is -2.36. The first-order valence-corrected chi connectivity index (χ1v) is 7.11. The summed E-state index contributed by atoms with van der Waals surface area (Å²) in [5.41, 5.74) is 1.45. The zero-order valence-corrected chi connectivity index (χ0v) is 12.2. The number of carboxylic acids is 1. The lowest BCUT2D eigenvalue weighted by molar-refractivity contribution is 0.0696. The minimum atomic E-state index is -0.997. The average Bonchev–Trinajstić information content (AvgIpc) is 2.51. The molecule has 4 nitrogen and oxygen atoms in total. The van der Waals surface area contributed by atoms with Crippen molar-refractivity contribution in [2.45, 2.75) is 32.6 Å². The Morgan fingerprint density at radius 2 is 1.81 bits per heavy atom. The number of rotatable bonds is 6. The molecule has 1 aromatic carbocycles. The van der Waals surface area contributed by atoms with E-state index in [1.165, 1.54) is 17.8 Å². The smallest absolute Gasteiger partial charge is 0.337 e. The predicted octanol–water partition coefficient (Wildman–Crippen LogP) is 4.48. The summed E-state index contributed by atoms with van der Waals surface area (Å²) in [6.07, 6.45) is 3.53. The van der Waals surface area contributed by atoms with Crippen molar-refractivity contribution in [1.82, 2.24) is 4.98 Å². The van der Waals surface area contributed by atoms with Crippen LogP contribution in [0.3, 0.4) is 0 Å². The van der Waals surface area contributed by atoms with E-state index in [-0.39, 0.29) is 5.56 Å². The Kier molecular flexibility index (Phi) is 4.93. The molecule has 0 aliphatic rings. The molecule has 4 heteroatoms. The Balaban J connectivity index is 2.07. The van der Waals surface area contributed by atoms with Crippen molar-refractivity contribution in [3.63, 3.8) is 0 Å². The van der Waals surface area contributed by atoms with Gasteiger partial charge in [0.1, 0.15) is 5.75 Å². The SMILES string of the molecule is CCC(CC)c1ccc(Oc2ccc(C(=O)O)cn2)cc1. The van der Waals surface area contributed by atoms with E-state index in [0.717, 1.165) is 12.8 Å². The molecule has 1 heterocycles. The van der Waals surface area contributed by atoms with E-state index in [2.05, 4.69) is 31.0 Å². The van der Waals surface area contributed by atoms with Crippen LogP contribution >= 0.6 is 0 Å². The maximum absolute atomic E-state index is 10.7. The molecule has 110 valence electrons. The maximum atomic E-state index is 10.7. The average molecular weight is 285 g/mol. The van der Waals surface area contributed by atoms with Gasteiger partial charge in [-0.05, 0) is 42.5 Å². The number of ether oxygens (including phenoxy) is 1. The molecule has 1 aromatic heterocycles. The second-order valence-electron chi connectivity index (χ2n) is 4.87. The van der Waals surface area contributed by atoms with Crippen molar-refractivity contribution < 1.29 is 14.6 Å². The van der Waals surface area contributed by atoms with Crippen LogP contribution in [-0.4, -0.2) is 16.1 Å². The van der Waals surface area contributed by atoms with Crippen LogP contribution in [0.5, 0.6) is 11.6 Å². The van der Waals surface area contributed by atoms with Crippen LogP contribution in [0.15, 0.2) is 42.6 Å². The Labute approximate surface area is 124 Å². The lowest BCUT2D eigenvalue weighted by Crippen LogP contribution is -1.98. The van der Waals surface area contributed by atoms with Gasteiger partial charge in [-0.15, -0.1) is 0 Å². The first-order valence-electron chi connectivity index (χ1n) is 7.11. The van der Waals surface area contributed by atoms with Crippen LogP contribution < -0.4 is 4.74 Å². The van der Waals surface area contributed by atoms with Crippen molar-refractivity contribution in [2.24, 2.45) is 0 Å². The number of aromatic nitrogens is 1. The van der Waals surface area contributed by atoms with Gasteiger partial charge >= 0.3 is 5.97 Å². The minimum absolute atomic E-state index is 0.145. The molecule has 2 rings (SSSR count). The highest BCUT2D eigenvalue weighted by atomic mass is 16.5. The van der Waals surface area contributed by atoms with Crippen LogP contribution in [0.25, 0.3) is 0 Å². The number of carbonyl (C=O) groups is 1. The number of benzene rings is 1. The Bertz CT molecular complexity index is 586. The third-order valence-electron chi connectivity index (χ3n) is 3.54. The standard InChI is InChI=1S/C17H19NO3/c1-3-12(4-2)13-5-8-15(9-6-13)21-16-10-7-14(11-18-16)17(19)20/h5-12H,3-4H2,1-2H3,(H,19,20). The summed E-state index contributed by atoms with van der Waals surface area (Å²) in [5, 5.41) is 8.81. The highest BCUT2D eigenvalue weighted by Gasteiger charge is 2.08. The summed E-state index contributed by atoms with van der Waals surface area (Å²) in [7, 11) is 0. The van der Waals surface area contributed by atoms with Gasteiger partial charge in [0, 0.05) is 12.3 Å². The Morgan fingerprint density at radius 1 is 1.14 bits per heavy atom. The van der Waals surface area contributed by atoms with Gasteiger partial charge in [-0.1, -0.05) is 26.0 Å². The normalized spacial score (nSPS) is 10.6. The highest BCUT2D eigenvalue weighted by Crippen LogP contribution is 2.26. The van der Waals surface area contributed by atoms with Crippen molar-refractivity contribution in [3.8, 4) is 11.6 Å². The molecule has 0 saturated carbocycles. The second kappa shape index (κ2) is 6.88. The van der Waals surface area contributed by atoms with E-state index in [9.17, 15) is 4.79 Å². The first kappa shape index (κ1) is 15.0. The molecule has 1 N–H and O–H groups in total. The van der Waals surface area contributed by atoms with Crippen LogP contribution in [0, 0.1) is 0 Å². The first-order chi connectivity index (χ1) is 10.1. The fraction of sp³-hybridized carbons (Fsp3) is 0.294. The molecule has 0 fully saturated rings. The van der Waals surface area contributed by atoms with E-state index >= 15 is 0 Å². The second-order valence-corrected chi connectivity index (χ2v) is 4.87. The summed E-state index contributed by atoms with van der Waals surface area (Å²) in [4.78, 5) is 14.7. The fourth-order valence-corrected chi connectivity index (χ4v) is 2.26. The molecule has 0 aliphatic carbocycles. The molecular weight excluding hydrogens is 266 g/mol. The topological polar surface area (TPSA) is 59.4 Å². The minimum Gasteiger partial charge on any atom is -0.478 e. The molecule has 0 saturated heterocycles. The maximum Gasteiger partial charge on any atom is 0.337 e. The van der Waals surface area contributed by atoms with Crippen LogP contribution in [0.1, 0.15) is 48.5 Å². The van der Waals surface area contributed by atoms with E-state index in [1.54, 1.807) is 6.07 Å². The zero-order valence-electron chi connectivity index (χ0n) is 12.2. The summed E-state index contributed by atoms with van der Waals surface area (Å²) in [6.45, 7) is 4.37. The summed E-state index contributed by atoms with van der Waals surface area (Å²) < 4.78 is 5.61. The zero-order chi connectivity index (χ0) is 15.2. The van der Waals surface area contributed by atoms with Gasteiger partial charge in [-0.3, -0.25) is 0 Å². The van der Waals surface area contributed by atoms with Crippen molar-refractivity contribution in [1.29, 1.82) is 0 Å². The molecule has 0 unspecified atom stereocenters. The number of hydrogen-bond acceptors (Lipinski definition) is 3. The van der Waals surface area contributed by atoms with E-state index in [4.69, 9.17) is 9.84 Å². The van der Waals surface area contributed by atoms with Gasteiger partial charge in [0.15, 0.2) is 0 Å². The van der Waals surface area contributed by atoms with Gasteiger partial charge < -0.3 is 9.84 Å². The molecule has 0 atom stereocenters. The predicted molar refractivity (Wildman–Crippen MR) is 81.0 cm³/mol. The van der Waals surface area contributed by atoms with Crippen LogP contribution in [0.4, 0.5) is 0 Å². The molecule has 0 spiro atoms. The molecule has 0 aliphatic heterocycles. The third kappa shape index (κ3) is 3.81. The lowest BCUT2D eigenvalue weighted by atomic mass is 9.94. The summed E-state index contributed by atoms with van der Waals surface area (Å²) in [5.74, 6) is 0.658. The highest BCUT2D eigenvalue weighted by molar-refractivity contribution is 5.87. The van der Waals surface area contributed by atoms with E-state index in [0.29, 0.717) is 17.5 Å². The molecule has 0 bridgehead atoms. The number of carboxylic acid groups (broad SMARTS) is 1. The fourth-order valence-electron chi connectivity index (χ4n) is 2.26. The van der Waals surface area contributed by atoms with Crippen LogP contribution in [0.2, 0.25) is 0 Å². The van der Waals surface area contributed by atoms with E-state index < -0.39 is 5.97 Å². The van der Waals surface area contributed by atoms with Crippen LogP contribution in [-0.2, 0) is 0 Å². The third-order valence-corrected chi connectivity index (χ3v) is 3.54. The molecule has 21 heavy (non-hydrogen) atoms. The van der Waals surface area contributed by atoms with Gasteiger partial charge in [0.25, 0.3) is 0 Å². The molecule has 0 amide bonds. The Morgan fingerprint density at radius 3 is 2.29 bits per heavy atom. The number of aromatic carboxylic acids is 1. The van der Waals surface area contributed by atoms with Gasteiger partial charge in [-0.25, -0.2) is 9.78 Å². The van der Waals surface area contributed by atoms with Gasteiger partial charge in [-0.2, -0.15) is 0 Å². The largest absolute Gasteiger partial charge is 0.478 e. The molecular formula is C17H19NO3. The van der Waals surface area contributed by atoms with E-state index in [1.807, 2.05) is 12.1 Å². The number of hydrogen-bond donors (Lipinski definition) is 1.